The van der Waals surface area contributed by atoms with E-state index >= 15 is 0 Å². The van der Waals surface area contributed by atoms with Gasteiger partial charge in [-0.3, -0.25) is 0 Å². The maximum atomic E-state index is 9.97. The van der Waals surface area contributed by atoms with Crippen LogP contribution in [0.1, 0.15) is 39.2 Å². The predicted octanol–water partition coefficient (Wildman–Crippen LogP) is 1.20. The minimum atomic E-state index is -0.665. The molecule has 0 spiro atoms. The van der Waals surface area contributed by atoms with Crippen LogP contribution in [0.15, 0.2) is 24.3 Å². The summed E-state index contributed by atoms with van der Waals surface area (Å²) in [5, 5.41) is 32.1. The van der Waals surface area contributed by atoms with Gasteiger partial charge in [-0.25, -0.2) is 0 Å². The molecule has 0 bridgehead atoms. The summed E-state index contributed by atoms with van der Waals surface area (Å²) < 4.78 is 5.60. The molecule has 23 heavy (non-hydrogen) atoms. The quantitative estimate of drug-likeness (QED) is 0.632. The lowest BCUT2D eigenvalue weighted by atomic mass is 9.87. The lowest BCUT2D eigenvalue weighted by Gasteiger charge is -2.20. The monoisotopic (exact) mass is 323 g/mol. The van der Waals surface area contributed by atoms with Crippen LogP contribution >= 0.6 is 0 Å². The van der Waals surface area contributed by atoms with Gasteiger partial charge in [0.05, 0.1) is 12.2 Å². The van der Waals surface area contributed by atoms with Crippen LogP contribution in [-0.4, -0.2) is 52.8 Å². The van der Waals surface area contributed by atoms with E-state index in [0.717, 1.165) is 5.75 Å². The molecule has 5 heteroatoms. The summed E-state index contributed by atoms with van der Waals surface area (Å²) in [5.41, 5.74) is 1.35. The molecule has 0 amide bonds. The highest BCUT2D eigenvalue weighted by atomic mass is 16.5. The molecule has 0 aliphatic heterocycles. The van der Waals surface area contributed by atoms with E-state index in [-0.39, 0.29) is 18.1 Å². The molecule has 130 valence electrons. The van der Waals surface area contributed by atoms with Gasteiger partial charge in [0.1, 0.15) is 18.5 Å². The van der Waals surface area contributed by atoms with Crippen LogP contribution in [-0.2, 0) is 5.41 Å². The maximum absolute atomic E-state index is 9.97. The third kappa shape index (κ3) is 5.46. The average Bonchev–Trinajstić information content (AvgIpc) is 2.81. The van der Waals surface area contributed by atoms with Crippen LogP contribution in [0.4, 0.5) is 0 Å². The van der Waals surface area contributed by atoms with E-state index in [1.54, 1.807) is 0 Å². The zero-order valence-corrected chi connectivity index (χ0v) is 14.2. The van der Waals surface area contributed by atoms with Crippen molar-refractivity contribution in [2.24, 2.45) is 0 Å². The third-order valence-corrected chi connectivity index (χ3v) is 4.30. The van der Waals surface area contributed by atoms with Gasteiger partial charge in [-0.2, -0.15) is 0 Å². The van der Waals surface area contributed by atoms with Crippen LogP contribution < -0.4 is 10.1 Å². The Bertz CT molecular complexity index is 473. The van der Waals surface area contributed by atoms with Gasteiger partial charge in [0.25, 0.3) is 0 Å². The van der Waals surface area contributed by atoms with Crippen molar-refractivity contribution in [1.82, 2.24) is 5.32 Å². The van der Waals surface area contributed by atoms with Crippen LogP contribution in [0, 0.1) is 0 Å². The van der Waals surface area contributed by atoms with Gasteiger partial charge in [0.2, 0.25) is 0 Å². The molecule has 0 aromatic heterocycles. The number of hydrogen-bond donors (Lipinski definition) is 4. The molecule has 0 saturated heterocycles. The van der Waals surface area contributed by atoms with Crippen LogP contribution in [0.5, 0.6) is 5.75 Å². The molecule has 4 atom stereocenters. The minimum absolute atomic E-state index is 0.0423. The van der Waals surface area contributed by atoms with Gasteiger partial charge in [-0.15, -0.1) is 0 Å². The fourth-order valence-corrected chi connectivity index (χ4v) is 2.77. The van der Waals surface area contributed by atoms with Gasteiger partial charge >= 0.3 is 0 Å². The summed E-state index contributed by atoms with van der Waals surface area (Å²) in [6.07, 6.45) is -0.928. The minimum Gasteiger partial charge on any atom is -0.491 e. The topological polar surface area (TPSA) is 82.0 Å². The van der Waals surface area contributed by atoms with Gasteiger partial charge in [0, 0.05) is 12.6 Å². The number of hydrogen-bond acceptors (Lipinski definition) is 5. The first-order valence-electron chi connectivity index (χ1n) is 8.26. The van der Waals surface area contributed by atoms with Crippen molar-refractivity contribution in [3.05, 3.63) is 29.8 Å². The highest BCUT2D eigenvalue weighted by Gasteiger charge is 2.31. The second kappa shape index (κ2) is 7.62. The Morgan fingerprint density at radius 1 is 1.13 bits per heavy atom. The van der Waals surface area contributed by atoms with Crippen molar-refractivity contribution in [1.29, 1.82) is 0 Å². The summed E-state index contributed by atoms with van der Waals surface area (Å²) in [6.45, 7) is 7.07. The van der Waals surface area contributed by atoms with E-state index in [9.17, 15) is 15.3 Å². The van der Waals surface area contributed by atoms with Crippen molar-refractivity contribution in [2.75, 3.05) is 13.2 Å². The molecular weight excluding hydrogens is 294 g/mol. The number of nitrogens with one attached hydrogen (secondary N) is 1. The molecule has 4 N–H and O–H groups in total. The third-order valence-electron chi connectivity index (χ3n) is 4.30. The average molecular weight is 323 g/mol. The second-order valence-corrected chi connectivity index (χ2v) is 7.45. The number of ether oxygens (including phenoxy) is 1. The molecule has 1 aromatic carbocycles. The van der Waals surface area contributed by atoms with Crippen molar-refractivity contribution in [3.8, 4) is 5.75 Å². The Balaban J connectivity index is 1.71. The van der Waals surface area contributed by atoms with E-state index in [4.69, 9.17) is 4.74 Å². The standard InChI is InChI=1S/C18H29NO4/c1-18(2,3)12-4-6-15(7-5-12)23-11-14(20)10-19-13-8-16(21)17(22)9-13/h4-7,13-14,16-17,19-22H,8-11H2,1-3H3/t13?,14?,16-,17+. The lowest BCUT2D eigenvalue weighted by molar-refractivity contribution is 0.0438. The van der Waals surface area contributed by atoms with Crippen LogP contribution in [0.2, 0.25) is 0 Å². The largest absolute Gasteiger partial charge is 0.491 e. The summed E-state index contributed by atoms with van der Waals surface area (Å²) in [4.78, 5) is 0. The molecule has 1 fully saturated rings. The molecule has 0 radical (unpaired) electrons. The Morgan fingerprint density at radius 2 is 1.70 bits per heavy atom. The fourth-order valence-electron chi connectivity index (χ4n) is 2.77. The zero-order chi connectivity index (χ0) is 17.0. The summed E-state index contributed by atoms with van der Waals surface area (Å²) in [6, 6.07) is 7.97. The first kappa shape index (κ1) is 18.2. The normalized spacial score (nSPS) is 26.3. The predicted molar refractivity (Wildman–Crippen MR) is 89.7 cm³/mol. The van der Waals surface area contributed by atoms with Gasteiger partial charge in [0.15, 0.2) is 0 Å². The van der Waals surface area contributed by atoms with E-state index < -0.39 is 18.3 Å². The molecular formula is C18H29NO4. The van der Waals surface area contributed by atoms with Crippen molar-refractivity contribution >= 4 is 0 Å². The van der Waals surface area contributed by atoms with E-state index in [1.807, 2.05) is 24.3 Å². The Morgan fingerprint density at radius 3 is 2.22 bits per heavy atom. The van der Waals surface area contributed by atoms with E-state index in [1.165, 1.54) is 5.56 Å². The van der Waals surface area contributed by atoms with Crippen molar-refractivity contribution < 1.29 is 20.1 Å². The molecule has 2 rings (SSSR count). The summed E-state index contributed by atoms with van der Waals surface area (Å²) in [7, 11) is 0. The Kier molecular flexibility index (Phi) is 6.03. The number of aliphatic hydroxyl groups excluding tert-OH is 3. The molecule has 2 unspecified atom stereocenters. The Hall–Kier alpha value is -1.14. The molecule has 1 saturated carbocycles. The molecule has 1 aliphatic carbocycles. The highest BCUT2D eigenvalue weighted by Crippen LogP contribution is 2.24. The van der Waals surface area contributed by atoms with Crippen LogP contribution in [0.3, 0.4) is 0 Å². The van der Waals surface area contributed by atoms with Gasteiger partial charge < -0.3 is 25.4 Å². The number of benzene rings is 1. The first-order valence-corrected chi connectivity index (χ1v) is 8.26. The highest BCUT2D eigenvalue weighted by molar-refractivity contribution is 5.31. The molecule has 1 aliphatic rings. The molecule has 1 aromatic rings. The van der Waals surface area contributed by atoms with Gasteiger partial charge in [-0.1, -0.05) is 32.9 Å². The lowest BCUT2D eigenvalue weighted by Crippen LogP contribution is -2.37. The Labute approximate surface area is 138 Å². The van der Waals surface area contributed by atoms with E-state index in [0.29, 0.717) is 19.4 Å². The number of aliphatic hydroxyl groups is 3. The van der Waals surface area contributed by atoms with Crippen LogP contribution in [0.25, 0.3) is 0 Å². The summed E-state index contributed by atoms with van der Waals surface area (Å²) in [5.74, 6) is 0.740. The zero-order valence-electron chi connectivity index (χ0n) is 14.2. The maximum Gasteiger partial charge on any atom is 0.119 e. The fraction of sp³-hybridized carbons (Fsp3) is 0.667. The smallest absolute Gasteiger partial charge is 0.119 e. The van der Waals surface area contributed by atoms with Crippen molar-refractivity contribution in [3.63, 3.8) is 0 Å². The molecule has 0 heterocycles. The molecule has 5 nitrogen and oxygen atoms in total. The number of rotatable bonds is 6. The SMILES string of the molecule is CC(C)(C)c1ccc(OCC(O)CNC2C[C@@H](O)[C@@H](O)C2)cc1. The summed E-state index contributed by atoms with van der Waals surface area (Å²) >= 11 is 0. The second-order valence-electron chi connectivity index (χ2n) is 7.45. The van der Waals surface area contributed by atoms with E-state index in [2.05, 4.69) is 26.1 Å². The van der Waals surface area contributed by atoms with Gasteiger partial charge in [-0.05, 0) is 36.0 Å². The van der Waals surface area contributed by atoms with Crippen molar-refractivity contribution in [2.45, 2.75) is 63.4 Å². The first-order chi connectivity index (χ1) is 10.8.